The second-order valence-corrected chi connectivity index (χ2v) is 10.1. The van der Waals surface area contributed by atoms with E-state index in [1.165, 1.54) is 10.9 Å². The highest BCUT2D eigenvalue weighted by Crippen LogP contribution is 2.39. The van der Waals surface area contributed by atoms with Gasteiger partial charge in [-0.2, -0.15) is 18.3 Å². The van der Waals surface area contributed by atoms with Crippen LogP contribution in [0.1, 0.15) is 36.7 Å². The molecule has 1 unspecified atom stereocenters. The summed E-state index contributed by atoms with van der Waals surface area (Å²) in [4.78, 5) is 11.9. The molecule has 184 valence electrons. The van der Waals surface area contributed by atoms with Crippen LogP contribution in [0.2, 0.25) is 0 Å². The molecule has 1 atom stereocenters. The van der Waals surface area contributed by atoms with Gasteiger partial charge >= 0.3 is 6.18 Å². The van der Waals surface area contributed by atoms with Crippen LogP contribution in [0, 0.1) is 6.92 Å². The van der Waals surface area contributed by atoms with Crippen molar-refractivity contribution >= 4 is 20.9 Å². The van der Waals surface area contributed by atoms with Gasteiger partial charge in [0.15, 0.2) is 11.9 Å². The summed E-state index contributed by atoms with van der Waals surface area (Å²) in [6.45, 7) is 2.20. The monoisotopic (exact) mass is 508 g/mol. The number of aryl methyl sites for hydroxylation is 1. The maximum atomic E-state index is 13.9. The van der Waals surface area contributed by atoms with Crippen LogP contribution in [0.5, 0.6) is 0 Å². The SMILES string of the molecule is Cc1nocc1-c1ccc2c(-c3nc(S(C)(=O)=O)ncc3C(F)(F)F)nn(C3CCCCO3)c2n1. The number of ether oxygens (including phenoxy) is 1. The largest absolute Gasteiger partial charge is 0.420 e. The van der Waals surface area contributed by atoms with Crippen molar-refractivity contribution in [3.63, 3.8) is 0 Å². The van der Waals surface area contributed by atoms with Crippen molar-refractivity contribution in [2.45, 2.75) is 43.7 Å². The maximum absolute atomic E-state index is 13.9. The molecule has 0 aromatic carbocycles. The molecule has 1 aliphatic heterocycles. The van der Waals surface area contributed by atoms with Crippen LogP contribution < -0.4 is 0 Å². The highest BCUT2D eigenvalue weighted by atomic mass is 32.2. The van der Waals surface area contributed by atoms with Crippen LogP contribution in [0.25, 0.3) is 33.7 Å². The van der Waals surface area contributed by atoms with Gasteiger partial charge in [-0.3, -0.25) is 0 Å². The predicted octanol–water partition coefficient (Wildman–Crippen LogP) is 3.97. The Morgan fingerprint density at radius 3 is 2.57 bits per heavy atom. The van der Waals surface area contributed by atoms with Gasteiger partial charge in [0.05, 0.1) is 17.0 Å². The first-order chi connectivity index (χ1) is 16.5. The standard InChI is InChI=1S/C21H19F3N6O4S/c1-11-13(10-34-29-11)15-7-6-12-17(28-30(19(12)26-15)16-5-3-4-8-33-16)18-14(21(22,23)24)9-25-20(27-18)35(2,31)32/h6-7,9-10,16H,3-5,8H2,1-2H3. The first-order valence-electron chi connectivity index (χ1n) is 10.6. The van der Waals surface area contributed by atoms with Crippen molar-refractivity contribution < 1.29 is 30.8 Å². The van der Waals surface area contributed by atoms with Crippen molar-refractivity contribution in [2.75, 3.05) is 12.9 Å². The zero-order valence-corrected chi connectivity index (χ0v) is 19.4. The molecule has 1 fully saturated rings. The highest BCUT2D eigenvalue weighted by molar-refractivity contribution is 7.90. The minimum atomic E-state index is -4.85. The summed E-state index contributed by atoms with van der Waals surface area (Å²) >= 11 is 0. The van der Waals surface area contributed by atoms with Crippen LogP contribution in [0.4, 0.5) is 13.2 Å². The van der Waals surface area contributed by atoms with Crippen LogP contribution >= 0.6 is 0 Å². The fraction of sp³-hybridized carbons (Fsp3) is 0.381. The third kappa shape index (κ3) is 4.27. The second kappa shape index (κ2) is 8.37. The van der Waals surface area contributed by atoms with Crippen molar-refractivity contribution in [3.05, 3.63) is 35.9 Å². The number of rotatable bonds is 4. The number of pyridine rings is 1. The Balaban J connectivity index is 1.79. The zero-order valence-electron chi connectivity index (χ0n) is 18.6. The summed E-state index contributed by atoms with van der Waals surface area (Å²) in [7, 11) is -3.99. The van der Waals surface area contributed by atoms with E-state index in [1.54, 1.807) is 19.1 Å². The van der Waals surface area contributed by atoms with Crippen molar-refractivity contribution in [1.29, 1.82) is 0 Å². The first-order valence-corrected chi connectivity index (χ1v) is 12.5. The van der Waals surface area contributed by atoms with E-state index in [1.807, 2.05) is 0 Å². The summed E-state index contributed by atoms with van der Waals surface area (Å²) in [5, 5.41) is 7.80. The highest BCUT2D eigenvalue weighted by Gasteiger charge is 2.38. The molecule has 1 aliphatic rings. The molecule has 35 heavy (non-hydrogen) atoms. The van der Waals surface area contributed by atoms with Gasteiger partial charge in [-0.15, -0.1) is 0 Å². The Morgan fingerprint density at radius 1 is 1.14 bits per heavy atom. The molecule has 0 radical (unpaired) electrons. The van der Waals surface area contributed by atoms with Gasteiger partial charge in [-0.05, 0) is 38.3 Å². The molecule has 0 aliphatic carbocycles. The van der Waals surface area contributed by atoms with Gasteiger partial charge in [-0.25, -0.2) is 28.1 Å². The quantitative estimate of drug-likeness (QED) is 0.376. The summed E-state index contributed by atoms with van der Waals surface area (Å²) in [6.07, 6.45) is -0.434. The number of fused-ring (bicyclic) bond motifs is 1. The van der Waals surface area contributed by atoms with Crippen LogP contribution in [0.3, 0.4) is 0 Å². The van der Waals surface area contributed by atoms with Gasteiger partial charge in [0.25, 0.3) is 0 Å². The summed E-state index contributed by atoms with van der Waals surface area (Å²) in [5.74, 6) is 0. The number of aromatic nitrogens is 6. The summed E-state index contributed by atoms with van der Waals surface area (Å²) in [6, 6.07) is 3.17. The molecule has 0 spiro atoms. The van der Waals surface area contributed by atoms with E-state index in [2.05, 4.69) is 25.2 Å². The first kappa shape index (κ1) is 23.4. The predicted molar refractivity (Wildman–Crippen MR) is 116 cm³/mol. The zero-order chi connectivity index (χ0) is 25.0. The Labute approximate surface area is 197 Å². The lowest BCUT2D eigenvalue weighted by Crippen LogP contribution is -2.19. The molecule has 4 aromatic rings. The average molecular weight is 508 g/mol. The molecule has 14 heteroatoms. The lowest BCUT2D eigenvalue weighted by atomic mass is 10.1. The number of nitrogens with zero attached hydrogens (tertiary/aromatic N) is 6. The van der Waals surface area contributed by atoms with Crippen LogP contribution in [-0.2, 0) is 20.8 Å². The van der Waals surface area contributed by atoms with Crippen LogP contribution in [-0.4, -0.2) is 51.2 Å². The molecule has 0 amide bonds. The number of alkyl halides is 3. The number of hydrogen-bond acceptors (Lipinski definition) is 9. The Bertz CT molecular complexity index is 1520. The normalized spacial score (nSPS) is 17.2. The van der Waals surface area contributed by atoms with E-state index in [4.69, 9.17) is 9.26 Å². The van der Waals surface area contributed by atoms with Crippen molar-refractivity contribution in [3.8, 4) is 22.6 Å². The van der Waals surface area contributed by atoms with E-state index < -0.39 is 38.7 Å². The second-order valence-electron chi connectivity index (χ2n) is 8.18. The van der Waals surface area contributed by atoms with E-state index in [0.717, 1.165) is 19.1 Å². The molecular weight excluding hydrogens is 489 g/mol. The number of sulfone groups is 1. The molecule has 5 rings (SSSR count). The van der Waals surface area contributed by atoms with E-state index in [0.29, 0.717) is 36.2 Å². The van der Waals surface area contributed by atoms with Crippen LogP contribution in [0.15, 0.2) is 34.3 Å². The van der Waals surface area contributed by atoms with Crippen molar-refractivity contribution in [2.24, 2.45) is 0 Å². The third-order valence-electron chi connectivity index (χ3n) is 5.64. The molecule has 0 N–H and O–H groups in total. The maximum Gasteiger partial charge on any atom is 0.420 e. The van der Waals surface area contributed by atoms with Gasteiger partial charge in [0.1, 0.15) is 23.2 Å². The van der Waals surface area contributed by atoms with Gasteiger partial charge in [0, 0.05) is 24.4 Å². The van der Waals surface area contributed by atoms with E-state index in [-0.39, 0.29) is 16.7 Å². The Hall–Kier alpha value is -3.39. The molecule has 5 heterocycles. The molecule has 10 nitrogen and oxygen atoms in total. The molecule has 1 saturated heterocycles. The van der Waals surface area contributed by atoms with Gasteiger partial charge in [-0.1, -0.05) is 5.16 Å². The lowest BCUT2D eigenvalue weighted by molar-refractivity contribution is -0.137. The summed E-state index contributed by atoms with van der Waals surface area (Å²) < 4.78 is 78.0. The molecule has 0 bridgehead atoms. The molecule has 0 saturated carbocycles. The van der Waals surface area contributed by atoms with Gasteiger partial charge in [0.2, 0.25) is 15.0 Å². The topological polar surface area (TPSA) is 126 Å². The third-order valence-corrected chi connectivity index (χ3v) is 6.50. The van der Waals surface area contributed by atoms with Crippen molar-refractivity contribution in [1.82, 2.24) is 29.9 Å². The fourth-order valence-electron chi connectivity index (χ4n) is 3.93. The Kier molecular flexibility index (Phi) is 5.59. The van der Waals surface area contributed by atoms with E-state index in [9.17, 15) is 21.6 Å². The minimum absolute atomic E-state index is 0.171. The molecular formula is C21H19F3N6O4S. The lowest BCUT2D eigenvalue weighted by Gasteiger charge is -2.23. The molecule has 4 aromatic heterocycles. The fourth-order valence-corrected chi connectivity index (χ4v) is 4.43. The smallest absolute Gasteiger partial charge is 0.364 e. The van der Waals surface area contributed by atoms with Gasteiger partial charge < -0.3 is 9.26 Å². The minimum Gasteiger partial charge on any atom is -0.364 e. The number of hydrogen-bond donors (Lipinski definition) is 0. The average Bonchev–Trinajstić information content (AvgIpc) is 3.41. The number of halogens is 3. The van der Waals surface area contributed by atoms with E-state index >= 15 is 0 Å². The Morgan fingerprint density at radius 2 is 1.94 bits per heavy atom. The summed E-state index contributed by atoms with van der Waals surface area (Å²) in [5.41, 5.74) is -0.0841.